The van der Waals surface area contributed by atoms with E-state index in [0.29, 0.717) is 64.3 Å². The number of rotatable bonds is 19. The number of aliphatic hydroxyl groups is 1. The number of nitrogen functional groups attached to an aromatic ring is 2. The van der Waals surface area contributed by atoms with Gasteiger partial charge in [-0.05, 0) is 83.1 Å². The predicted molar refractivity (Wildman–Crippen MR) is 231 cm³/mol. The Kier molecular flexibility index (Phi) is 46.5. The summed E-state index contributed by atoms with van der Waals surface area (Å²) in [6.07, 6.45) is 6.69. The van der Waals surface area contributed by atoms with Crippen LogP contribution in [0.15, 0.2) is 73.8 Å². The lowest BCUT2D eigenvalue weighted by atomic mass is 9.99. The molecule has 0 saturated heterocycles. The van der Waals surface area contributed by atoms with E-state index in [0.717, 1.165) is 50.4 Å². The van der Waals surface area contributed by atoms with Gasteiger partial charge in [0.2, 0.25) is 0 Å². The van der Waals surface area contributed by atoms with Crippen LogP contribution in [0.3, 0.4) is 0 Å². The molecule has 320 valence electrons. The minimum Gasteiger partial charge on any atom is -0.469 e. The zero-order valence-corrected chi connectivity index (χ0v) is 34.3. The molecule has 0 aliphatic carbocycles. The van der Waals surface area contributed by atoms with Crippen LogP contribution in [-0.4, -0.2) is 119 Å². The number of aliphatic hydroxyl groups excluding tert-OH is 1. The molecule has 2 rings (SSSR count). The normalized spacial score (nSPS) is 9.30. The standard InChI is InChI=1S/C11H19NO3.C10H17N3.C8H15NO2.C7H9N.C4H6O2.CH4O.CH4/c1-4-7-12(8-5-10(2)13)9-6-11(14)15-3;11-6-9(7-12)5-8-1-3-10(13)4-2-8;1-8(11)4-6-9(2)5-3-7-10;1-6-2-4-7(8)5-3-6;1-3-4(5)6-2;1-2;/h4H,1,5-9H2,2-3H3;1-4,9H,5-7,11-13H2;7H,3-6H2,1-2H3;2-5H,8H2,1H3;3H,1H2,2H3;2H,1H3;1H4. The number of ketones is 2. The molecule has 2 aromatic carbocycles. The molecule has 0 bridgehead atoms. The lowest BCUT2D eigenvalue weighted by molar-refractivity contribution is -0.141. The molecule has 0 amide bonds. The maximum atomic E-state index is 10.9. The third kappa shape index (κ3) is 43.7. The van der Waals surface area contributed by atoms with Crippen molar-refractivity contribution in [3.05, 3.63) is 85.0 Å². The highest BCUT2D eigenvalue weighted by Crippen LogP contribution is 2.10. The van der Waals surface area contributed by atoms with Crippen molar-refractivity contribution >= 4 is 41.2 Å². The van der Waals surface area contributed by atoms with Crippen molar-refractivity contribution in [3.8, 4) is 0 Å². The first-order valence-electron chi connectivity index (χ1n) is 17.8. The minimum absolute atomic E-state index is 0. The van der Waals surface area contributed by atoms with Crippen LogP contribution >= 0.6 is 0 Å². The Morgan fingerprint density at radius 1 is 0.786 bits per heavy atom. The topological polar surface area (TPSA) is 235 Å². The Morgan fingerprint density at radius 3 is 1.61 bits per heavy atom. The Bertz CT molecular complexity index is 1270. The molecule has 14 nitrogen and oxygen atoms in total. The van der Waals surface area contributed by atoms with Crippen molar-refractivity contribution in [2.24, 2.45) is 17.4 Å². The monoisotopic (exact) mass is 791 g/mol. The molecular weight excluding hydrogens is 716 g/mol. The Labute approximate surface area is 337 Å². The number of anilines is 2. The lowest BCUT2D eigenvalue weighted by Crippen LogP contribution is -2.29. The van der Waals surface area contributed by atoms with Crippen LogP contribution < -0.4 is 22.9 Å². The van der Waals surface area contributed by atoms with Crippen LogP contribution in [0.1, 0.15) is 58.1 Å². The molecule has 0 aliphatic rings. The zero-order chi connectivity index (χ0) is 43.0. The molecule has 0 heterocycles. The van der Waals surface area contributed by atoms with Crippen molar-refractivity contribution in [1.29, 1.82) is 0 Å². The van der Waals surface area contributed by atoms with Crippen LogP contribution in [-0.2, 0) is 39.9 Å². The number of ether oxygens (including phenoxy) is 2. The number of nitrogens with zero attached hydrogens (tertiary/aromatic N) is 2. The number of carbonyl (C=O) groups is 5. The molecule has 0 aliphatic heterocycles. The van der Waals surface area contributed by atoms with E-state index < -0.39 is 5.97 Å². The largest absolute Gasteiger partial charge is 0.469 e. The summed E-state index contributed by atoms with van der Waals surface area (Å²) in [6.45, 7) is 16.7. The van der Waals surface area contributed by atoms with Gasteiger partial charge >= 0.3 is 11.9 Å². The van der Waals surface area contributed by atoms with Gasteiger partial charge in [0.05, 0.1) is 20.6 Å². The molecule has 2 aromatic rings. The van der Waals surface area contributed by atoms with Gasteiger partial charge in [0.1, 0.15) is 17.9 Å². The smallest absolute Gasteiger partial charge is 0.329 e. The van der Waals surface area contributed by atoms with Crippen molar-refractivity contribution in [2.75, 3.05) is 85.7 Å². The van der Waals surface area contributed by atoms with E-state index in [2.05, 4.69) is 22.6 Å². The van der Waals surface area contributed by atoms with Gasteiger partial charge in [-0.1, -0.05) is 49.9 Å². The van der Waals surface area contributed by atoms with Crippen LogP contribution in [0.4, 0.5) is 11.4 Å². The number of esters is 2. The number of aryl methyl sites for hydroxylation is 1. The second-order valence-corrected chi connectivity index (χ2v) is 12.0. The van der Waals surface area contributed by atoms with E-state index >= 15 is 0 Å². The Hall–Kier alpha value is -4.73. The van der Waals surface area contributed by atoms with E-state index in [-0.39, 0.29) is 25.0 Å². The molecule has 0 saturated carbocycles. The van der Waals surface area contributed by atoms with Gasteiger partial charge in [-0.3, -0.25) is 19.3 Å². The van der Waals surface area contributed by atoms with Gasteiger partial charge in [-0.15, -0.1) is 6.58 Å². The van der Waals surface area contributed by atoms with Crippen molar-refractivity contribution < 1.29 is 38.6 Å². The molecule has 9 N–H and O–H groups in total. The number of hydrogen-bond acceptors (Lipinski definition) is 14. The molecule has 0 spiro atoms. The number of methoxy groups -OCH3 is 2. The number of carbonyl (C=O) groups excluding carboxylic acids is 5. The van der Waals surface area contributed by atoms with E-state index in [1.54, 1.807) is 19.9 Å². The zero-order valence-electron chi connectivity index (χ0n) is 34.3. The molecule has 0 fully saturated rings. The first kappa shape index (κ1) is 60.5. The average molecular weight is 791 g/mol. The van der Waals surface area contributed by atoms with Crippen molar-refractivity contribution in [2.45, 2.75) is 60.3 Å². The van der Waals surface area contributed by atoms with E-state index in [9.17, 15) is 24.0 Å². The van der Waals surface area contributed by atoms with Gasteiger partial charge in [0.25, 0.3) is 0 Å². The third-order valence-electron chi connectivity index (χ3n) is 7.12. The van der Waals surface area contributed by atoms with Crippen molar-refractivity contribution in [1.82, 2.24) is 9.80 Å². The Morgan fingerprint density at radius 2 is 1.25 bits per heavy atom. The molecule has 0 unspecified atom stereocenters. The fourth-order valence-electron chi connectivity index (χ4n) is 3.78. The fraction of sp³-hybridized carbons (Fsp3) is 0.500. The lowest BCUT2D eigenvalue weighted by Gasteiger charge is -2.18. The molecule has 14 heteroatoms. The predicted octanol–water partition coefficient (Wildman–Crippen LogP) is 4.02. The second kappa shape index (κ2) is 43.0. The number of Topliss-reactive ketones (excluding diaryl/α,β-unsaturated/α-hetero) is 2. The highest BCUT2D eigenvalue weighted by Gasteiger charge is 2.08. The maximum Gasteiger partial charge on any atom is 0.329 e. The quantitative estimate of drug-likeness (QED) is 0.0445. The number of nitrogens with two attached hydrogens (primary N) is 4. The van der Waals surface area contributed by atoms with Crippen molar-refractivity contribution in [3.63, 3.8) is 0 Å². The second-order valence-electron chi connectivity index (χ2n) is 12.0. The summed E-state index contributed by atoms with van der Waals surface area (Å²) in [4.78, 5) is 56.0. The highest BCUT2D eigenvalue weighted by atomic mass is 16.5. The van der Waals surface area contributed by atoms with Gasteiger partial charge in [0, 0.05) is 76.5 Å². The molecule has 56 heavy (non-hydrogen) atoms. The fourth-order valence-corrected chi connectivity index (χ4v) is 3.78. The number of aldehydes is 1. The first-order valence-corrected chi connectivity index (χ1v) is 17.8. The van der Waals surface area contributed by atoms with Gasteiger partial charge in [0.15, 0.2) is 0 Å². The maximum absolute atomic E-state index is 10.9. The van der Waals surface area contributed by atoms with Crippen LogP contribution in [0.2, 0.25) is 0 Å². The van der Waals surface area contributed by atoms with Gasteiger partial charge in [-0.2, -0.15) is 0 Å². The summed E-state index contributed by atoms with van der Waals surface area (Å²) in [7, 11) is 5.59. The average Bonchev–Trinajstić information content (AvgIpc) is 3.19. The summed E-state index contributed by atoms with van der Waals surface area (Å²) in [5.41, 5.74) is 26.2. The molecular formula is C42H74N6O8. The third-order valence-corrected chi connectivity index (χ3v) is 7.12. The summed E-state index contributed by atoms with van der Waals surface area (Å²) in [5.74, 6) is 0.107. The summed E-state index contributed by atoms with van der Waals surface area (Å²) < 4.78 is 8.69. The van der Waals surface area contributed by atoms with Crippen LogP contribution in [0.25, 0.3) is 0 Å². The van der Waals surface area contributed by atoms with E-state index in [4.69, 9.17) is 28.0 Å². The molecule has 0 atom stereocenters. The van der Waals surface area contributed by atoms with Crippen LogP contribution in [0, 0.1) is 12.8 Å². The SMILES string of the molecule is C.C=CC(=O)OC.C=CCN(CCC(C)=O)CCC(=O)OC.CC(=O)CCN(C)CCC=O.CO.Cc1ccc(N)cc1.NCC(CN)Cc1ccc(N)cc1. The molecule has 0 radical (unpaired) electrons. The highest BCUT2D eigenvalue weighted by molar-refractivity contribution is 5.81. The van der Waals surface area contributed by atoms with Gasteiger partial charge in [-0.25, -0.2) is 4.79 Å². The summed E-state index contributed by atoms with van der Waals surface area (Å²) in [5, 5.41) is 7.00. The first-order chi connectivity index (χ1) is 26.1. The number of hydrogen-bond donors (Lipinski definition) is 5. The Balaban J connectivity index is -0.000000196. The van der Waals surface area contributed by atoms with E-state index in [1.165, 1.54) is 25.3 Å². The van der Waals surface area contributed by atoms with Crippen LogP contribution in [0.5, 0.6) is 0 Å². The minimum atomic E-state index is -0.394. The summed E-state index contributed by atoms with van der Waals surface area (Å²) >= 11 is 0. The summed E-state index contributed by atoms with van der Waals surface area (Å²) in [6, 6.07) is 15.6. The number of benzene rings is 2. The molecule has 0 aromatic heterocycles. The van der Waals surface area contributed by atoms with Gasteiger partial charge < -0.3 is 47.2 Å². The van der Waals surface area contributed by atoms with E-state index in [1.807, 2.05) is 72.3 Å².